The van der Waals surface area contributed by atoms with E-state index in [9.17, 15) is 9.59 Å². The lowest BCUT2D eigenvalue weighted by atomic mass is 9.89. The molecule has 0 heterocycles. The van der Waals surface area contributed by atoms with Gasteiger partial charge in [-0.15, -0.1) is 0 Å². The van der Waals surface area contributed by atoms with E-state index < -0.39 is 0 Å². The molecule has 0 spiro atoms. The van der Waals surface area contributed by atoms with Gasteiger partial charge in [0, 0.05) is 25.8 Å². The predicted octanol–water partition coefficient (Wildman–Crippen LogP) is 1.11. The van der Waals surface area contributed by atoms with Crippen LogP contribution in [0.4, 0.5) is 0 Å². The fourth-order valence-corrected chi connectivity index (χ4v) is 2.92. The van der Waals surface area contributed by atoms with Gasteiger partial charge >= 0.3 is 0 Å². The quantitative estimate of drug-likeness (QED) is 0.372. The molecule has 1 fully saturated rings. The van der Waals surface area contributed by atoms with Crippen LogP contribution in [-0.2, 0) is 9.59 Å². The van der Waals surface area contributed by atoms with Crippen molar-refractivity contribution in [3.63, 3.8) is 0 Å². The smallest absolute Gasteiger partial charge is 0.223 e. The number of hydrogen-bond donors (Lipinski definition) is 3. The second kappa shape index (κ2) is 9.15. The van der Waals surface area contributed by atoms with Crippen LogP contribution < -0.4 is 16.2 Å². The molecule has 6 N–H and O–H groups in total. The molecule has 0 aromatic heterocycles. The van der Waals surface area contributed by atoms with E-state index in [0.29, 0.717) is 30.0 Å². The summed E-state index contributed by atoms with van der Waals surface area (Å²) in [6, 6.07) is 0. The molecule has 1 saturated carbocycles. The zero-order valence-electron chi connectivity index (χ0n) is 12.2. The second-order valence-corrected chi connectivity index (χ2v) is 6.02. The highest BCUT2D eigenvalue weighted by Crippen LogP contribution is 2.23. The molecule has 0 bridgehead atoms. The molecule has 0 saturated heterocycles. The molecular formula is C14H26N3O2S+. The number of carbonyl (C=O) groups excluding carboxylic acids is 2. The number of rotatable bonds is 7. The van der Waals surface area contributed by atoms with Gasteiger partial charge < -0.3 is 11.1 Å². The van der Waals surface area contributed by atoms with Crippen LogP contribution in [0.25, 0.3) is 0 Å². The van der Waals surface area contributed by atoms with Crippen LogP contribution in [0.1, 0.15) is 51.9 Å². The Balaban J connectivity index is 2.22. The molecule has 1 amide bonds. The molecule has 20 heavy (non-hydrogen) atoms. The average Bonchev–Trinajstić information content (AvgIpc) is 2.44. The van der Waals surface area contributed by atoms with Crippen molar-refractivity contribution in [2.75, 3.05) is 6.54 Å². The Morgan fingerprint density at radius 1 is 1.30 bits per heavy atom. The maximum Gasteiger partial charge on any atom is 0.223 e. The average molecular weight is 300 g/mol. The van der Waals surface area contributed by atoms with Crippen molar-refractivity contribution in [3.05, 3.63) is 10.6 Å². The standard InChI is InChI=1S/C14H25N3O2S/c1-10(15)13(20-16)12(18)8-5-9-17-14(19)11-6-3-2-4-7-11/h11H,2-9,15-16H2,1H3,(H,17,19)/p+1. The summed E-state index contributed by atoms with van der Waals surface area (Å²) in [5.74, 6) is 0.336. The number of carbonyl (C=O) groups is 2. The number of Topliss-reactive ketones (excluding diaryl/α,β-unsaturated/α-hetero) is 1. The lowest BCUT2D eigenvalue weighted by Crippen LogP contribution is -2.47. The SMILES string of the molecule is CC([NH3+])=C(SN)C(=O)CCCNC(=O)C1CCCCC1. The van der Waals surface area contributed by atoms with Crippen molar-refractivity contribution in [2.45, 2.75) is 51.9 Å². The van der Waals surface area contributed by atoms with Gasteiger partial charge in [0.05, 0.1) is 0 Å². The highest BCUT2D eigenvalue weighted by molar-refractivity contribution is 8.01. The Kier molecular flexibility index (Phi) is 7.87. The number of amides is 1. The van der Waals surface area contributed by atoms with Crippen molar-refractivity contribution in [1.82, 2.24) is 5.32 Å². The molecule has 0 unspecified atom stereocenters. The van der Waals surface area contributed by atoms with Crippen LogP contribution >= 0.6 is 11.9 Å². The van der Waals surface area contributed by atoms with Crippen LogP contribution in [-0.4, -0.2) is 18.2 Å². The maximum absolute atomic E-state index is 11.9. The third-order valence-electron chi connectivity index (χ3n) is 3.61. The van der Waals surface area contributed by atoms with E-state index in [1.807, 2.05) is 0 Å². The summed E-state index contributed by atoms with van der Waals surface area (Å²) in [4.78, 5) is 24.3. The topological polar surface area (TPSA) is 99.8 Å². The molecule has 114 valence electrons. The predicted molar refractivity (Wildman–Crippen MR) is 81.2 cm³/mol. The number of nitrogens with two attached hydrogens (primary N) is 1. The Hall–Kier alpha value is -0.850. The third kappa shape index (κ3) is 5.64. The summed E-state index contributed by atoms with van der Waals surface area (Å²) in [6.07, 6.45) is 6.60. The minimum Gasteiger partial charge on any atom is -0.356 e. The van der Waals surface area contributed by atoms with Gasteiger partial charge in [-0.25, -0.2) is 0 Å². The van der Waals surface area contributed by atoms with Crippen molar-refractivity contribution < 1.29 is 15.3 Å². The van der Waals surface area contributed by atoms with Crippen LogP contribution in [0.15, 0.2) is 10.6 Å². The first-order valence-electron chi connectivity index (χ1n) is 7.26. The van der Waals surface area contributed by atoms with Gasteiger partial charge in [-0.1, -0.05) is 19.3 Å². The molecular weight excluding hydrogens is 274 g/mol. The highest BCUT2D eigenvalue weighted by atomic mass is 32.2. The van der Waals surface area contributed by atoms with Gasteiger partial charge in [-0.2, -0.15) is 0 Å². The molecule has 0 aromatic rings. The number of nitrogens with one attached hydrogen (secondary N) is 1. The van der Waals surface area contributed by atoms with E-state index in [1.54, 1.807) is 6.92 Å². The van der Waals surface area contributed by atoms with Gasteiger partial charge in [0.1, 0.15) is 10.6 Å². The number of hydrogen-bond acceptors (Lipinski definition) is 4. The minimum absolute atomic E-state index is 0.0110. The van der Waals surface area contributed by atoms with E-state index in [1.165, 1.54) is 6.42 Å². The summed E-state index contributed by atoms with van der Waals surface area (Å²) < 4.78 is 0. The second-order valence-electron chi connectivity index (χ2n) is 5.38. The fourth-order valence-electron chi connectivity index (χ4n) is 2.49. The Bertz CT molecular complexity index is 373. The van der Waals surface area contributed by atoms with E-state index in [2.05, 4.69) is 11.1 Å². The highest BCUT2D eigenvalue weighted by Gasteiger charge is 2.20. The van der Waals surface area contributed by atoms with E-state index in [-0.39, 0.29) is 17.6 Å². The molecule has 1 aliphatic carbocycles. The van der Waals surface area contributed by atoms with Crippen LogP contribution in [0.2, 0.25) is 0 Å². The zero-order valence-corrected chi connectivity index (χ0v) is 13.1. The fraction of sp³-hybridized carbons (Fsp3) is 0.714. The molecule has 0 radical (unpaired) electrons. The summed E-state index contributed by atoms with van der Waals surface area (Å²) in [7, 11) is 0. The first-order valence-corrected chi connectivity index (χ1v) is 8.14. The Labute approximate surface area is 125 Å². The number of ketones is 1. The molecule has 1 rings (SSSR count). The maximum atomic E-state index is 11.9. The van der Waals surface area contributed by atoms with Crippen LogP contribution in [0.3, 0.4) is 0 Å². The number of quaternary nitrogens is 1. The first-order chi connectivity index (χ1) is 9.56. The molecule has 5 nitrogen and oxygen atoms in total. The zero-order chi connectivity index (χ0) is 15.0. The summed E-state index contributed by atoms with van der Waals surface area (Å²) in [6.45, 7) is 2.33. The summed E-state index contributed by atoms with van der Waals surface area (Å²) >= 11 is 0.953. The lowest BCUT2D eigenvalue weighted by molar-refractivity contribution is -0.302. The van der Waals surface area contributed by atoms with Gasteiger partial charge in [-0.05, 0) is 31.2 Å². The molecule has 6 heteroatoms. The summed E-state index contributed by atoms with van der Waals surface area (Å²) in [5.41, 5.74) is 4.44. The van der Waals surface area contributed by atoms with Gasteiger partial charge in [0.15, 0.2) is 5.78 Å². The lowest BCUT2D eigenvalue weighted by Gasteiger charge is -2.20. The molecule has 0 aliphatic heterocycles. The molecule has 1 aliphatic rings. The first kappa shape index (κ1) is 17.2. The van der Waals surface area contributed by atoms with E-state index in [4.69, 9.17) is 5.14 Å². The van der Waals surface area contributed by atoms with Crippen LogP contribution in [0.5, 0.6) is 0 Å². The molecule has 0 aromatic carbocycles. The Morgan fingerprint density at radius 2 is 1.95 bits per heavy atom. The Morgan fingerprint density at radius 3 is 2.50 bits per heavy atom. The van der Waals surface area contributed by atoms with Crippen molar-refractivity contribution in [2.24, 2.45) is 11.1 Å². The monoisotopic (exact) mass is 300 g/mol. The van der Waals surface area contributed by atoms with Gasteiger partial charge in [-0.3, -0.25) is 14.7 Å². The largest absolute Gasteiger partial charge is 0.356 e. The molecule has 0 atom stereocenters. The van der Waals surface area contributed by atoms with Crippen molar-refractivity contribution in [3.8, 4) is 0 Å². The van der Waals surface area contributed by atoms with E-state index >= 15 is 0 Å². The summed E-state index contributed by atoms with van der Waals surface area (Å²) in [5, 5.41) is 8.39. The van der Waals surface area contributed by atoms with Gasteiger partial charge in [0.25, 0.3) is 0 Å². The van der Waals surface area contributed by atoms with Crippen LogP contribution in [0, 0.1) is 5.92 Å². The normalized spacial score (nSPS) is 17.6. The third-order valence-corrected chi connectivity index (χ3v) is 4.43. The van der Waals surface area contributed by atoms with Gasteiger partial charge in [0.2, 0.25) is 5.91 Å². The number of allylic oxidation sites excluding steroid dienone is 2. The van der Waals surface area contributed by atoms with E-state index in [0.717, 1.165) is 37.6 Å². The minimum atomic E-state index is 0.0110. The van der Waals surface area contributed by atoms with Crippen molar-refractivity contribution >= 4 is 23.6 Å². The van der Waals surface area contributed by atoms with Crippen molar-refractivity contribution in [1.29, 1.82) is 0 Å².